The summed E-state index contributed by atoms with van der Waals surface area (Å²) in [4.78, 5) is 17.9. The van der Waals surface area contributed by atoms with Gasteiger partial charge < -0.3 is 0 Å². The first-order valence-corrected chi connectivity index (χ1v) is 3.12. The Morgan fingerprint density at radius 3 is 2.45 bits per heavy atom. The van der Waals surface area contributed by atoms with Gasteiger partial charge in [-0.25, -0.2) is 14.4 Å². The smallest absolute Gasteiger partial charge is 0.196 e. The van der Waals surface area contributed by atoms with Crippen molar-refractivity contribution in [3.63, 3.8) is 0 Å². The molecule has 0 aliphatic rings. The summed E-state index contributed by atoms with van der Waals surface area (Å²) >= 11 is 0. The lowest BCUT2D eigenvalue weighted by molar-refractivity contribution is 0.100. The van der Waals surface area contributed by atoms with E-state index in [4.69, 9.17) is 0 Å². The maximum Gasteiger partial charge on any atom is 0.196 e. The molecule has 1 rings (SSSR count). The van der Waals surface area contributed by atoms with Crippen molar-refractivity contribution >= 4 is 5.78 Å². The van der Waals surface area contributed by atoms with E-state index in [1.165, 1.54) is 19.3 Å². The predicted octanol–water partition coefficient (Wildman–Crippen LogP) is 1.15. The monoisotopic (exact) mass is 154 g/mol. The van der Waals surface area contributed by atoms with Gasteiger partial charge in [-0.15, -0.1) is 0 Å². The van der Waals surface area contributed by atoms with Crippen molar-refractivity contribution in [2.24, 2.45) is 0 Å². The van der Waals surface area contributed by atoms with Gasteiger partial charge in [-0.05, 0) is 0 Å². The minimum Gasteiger partial charge on any atom is -0.291 e. The van der Waals surface area contributed by atoms with Gasteiger partial charge in [0.25, 0.3) is 0 Å². The standard InChI is InChI=1S/C7H7FN2O/c1-5(11)7-9-3-6(2-8)4-10-7/h3-4H,2H2,1H3. The fourth-order valence-corrected chi connectivity index (χ4v) is 0.606. The van der Waals surface area contributed by atoms with E-state index < -0.39 is 6.67 Å². The molecule has 0 saturated carbocycles. The van der Waals surface area contributed by atoms with Gasteiger partial charge in [-0.3, -0.25) is 4.79 Å². The van der Waals surface area contributed by atoms with Crippen LogP contribution >= 0.6 is 0 Å². The van der Waals surface area contributed by atoms with E-state index in [1.54, 1.807) is 0 Å². The predicted molar refractivity (Wildman–Crippen MR) is 36.8 cm³/mol. The van der Waals surface area contributed by atoms with Gasteiger partial charge in [0.1, 0.15) is 6.67 Å². The number of nitrogens with zero attached hydrogens (tertiary/aromatic N) is 2. The van der Waals surface area contributed by atoms with Crippen LogP contribution in [0.5, 0.6) is 0 Å². The Labute approximate surface area is 63.3 Å². The van der Waals surface area contributed by atoms with Gasteiger partial charge in [-0.2, -0.15) is 0 Å². The van der Waals surface area contributed by atoms with Gasteiger partial charge in [-0.1, -0.05) is 0 Å². The van der Waals surface area contributed by atoms with Gasteiger partial charge in [0.05, 0.1) is 0 Å². The first kappa shape index (κ1) is 7.78. The van der Waals surface area contributed by atoms with Gasteiger partial charge in [0, 0.05) is 24.9 Å². The molecule has 0 fully saturated rings. The summed E-state index contributed by atoms with van der Waals surface area (Å²) in [6.07, 6.45) is 2.62. The quantitative estimate of drug-likeness (QED) is 0.600. The Hall–Kier alpha value is -1.32. The first-order chi connectivity index (χ1) is 5.24. The number of halogens is 1. The van der Waals surface area contributed by atoms with Crippen molar-refractivity contribution in [2.75, 3.05) is 0 Å². The van der Waals surface area contributed by atoms with Crippen LogP contribution in [0.25, 0.3) is 0 Å². The van der Waals surface area contributed by atoms with Crippen LogP contribution < -0.4 is 0 Å². The molecule has 4 heteroatoms. The molecule has 0 bridgehead atoms. The Bertz CT molecular complexity index is 258. The molecule has 11 heavy (non-hydrogen) atoms. The van der Waals surface area contributed by atoms with Crippen LogP contribution in [-0.2, 0) is 6.67 Å². The molecule has 0 N–H and O–H groups in total. The van der Waals surface area contributed by atoms with Crippen molar-refractivity contribution in [3.8, 4) is 0 Å². The number of aromatic nitrogens is 2. The number of rotatable bonds is 2. The van der Waals surface area contributed by atoms with Crippen molar-refractivity contribution in [1.29, 1.82) is 0 Å². The second-order valence-electron chi connectivity index (χ2n) is 2.10. The van der Waals surface area contributed by atoms with Crippen LogP contribution in [0.2, 0.25) is 0 Å². The van der Waals surface area contributed by atoms with Crippen LogP contribution in [-0.4, -0.2) is 15.8 Å². The number of hydrogen-bond donors (Lipinski definition) is 0. The molecular weight excluding hydrogens is 147 g/mol. The molecule has 0 atom stereocenters. The highest BCUT2D eigenvalue weighted by atomic mass is 19.1. The third-order valence-electron chi connectivity index (χ3n) is 1.17. The molecule has 0 radical (unpaired) electrons. The highest BCUT2D eigenvalue weighted by Crippen LogP contribution is 1.97. The van der Waals surface area contributed by atoms with Crippen molar-refractivity contribution in [3.05, 3.63) is 23.8 Å². The van der Waals surface area contributed by atoms with Crippen LogP contribution in [0.1, 0.15) is 23.1 Å². The summed E-state index contributed by atoms with van der Waals surface area (Å²) in [6.45, 7) is 0.767. The highest BCUT2D eigenvalue weighted by Gasteiger charge is 2.01. The lowest BCUT2D eigenvalue weighted by atomic mass is 10.3. The zero-order valence-corrected chi connectivity index (χ0v) is 6.04. The summed E-state index contributed by atoms with van der Waals surface area (Å²) in [7, 11) is 0. The fraction of sp³-hybridized carbons (Fsp3) is 0.286. The number of hydrogen-bond acceptors (Lipinski definition) is 3. The number of carbonyl (C=O) groups is 1. The molecule has 0 aliphatic heterocycles. The van der Waals surface area contributed by atoms with E-state index in [1.807, 2.05) is 0 Å². The molecule has 0 aliphatic carbocycles. The van der Waals surface area contributed by atoms with E-state index in [0.717, 1.165) is 0 Å². The van der Waals surface area contributed by atoms with E-state index in [2.05, 4.69) is 9.97 Å². The Balaban J connectivity index is 2.91. The van der Waals surface area contributed by atoms with Gasteiger partial charge in [0.15, 0.2) is 11.6 Å². The average molecular weight is 154 g/mol. The number of alkyl halides is 1. The number of carbonyl (C=O) groups excluding carboxylic acids is 1. The molecule has 3 nitrogen and oxygen atoms in total. The molecule has 0 aromatic carbocycles. The third-order valence-corrected chi connectivity index (χ3v) is 1.17. The maximum atomic E-state index is 11.9. The van der Waals surface area contributed by atoms with E-state index in [0.29, 0.717) is 5.56 Å². The lowest BCUT2D eigenvalue weighted by Gasteiger charge is -1.93. The largest absolute Gasteiger partial charge is 0.291 e. The molecule has 0 amide bonds. The summed E-state index contributed by atoms with van der Waals surface area (Å²) in [5, 5.41) is 0. The molecule has 1 aromatic rings. The maximum absolute atomic E-state index is 11.9. The molecular formula is C7H7FN2O. The van der Waals surface area contributed by atoms with E-state index in [9.17, 15) is 9.18 Å². The fourth-order valence-electron chi connectivity index (χ4n) is 0.606. The van der Waals surface area contributed by atoms with Crippen LogP contribution in [0, 0.1) is 0 Å². The van der Waals surface area contributed by atoms with Crippen molar-refractivity contribution in [1.82, 2.24) is 9.97 Å². The number of ketones is 1. The van der Waals surface area contributed by atoms with E-state index in [-0.39, 0.29) is 11.6 Å². The minimum absolute atomic E-state index is 0.127. The molecule has 0 saturated heterocycles. The summed E-state index contributed by atoms with van der Waals surface area (Å²) in [5.41, 5.74) is 0.384. The van der Waals surface area contributed by atoms with Gasteiger partial charge in [0.2, 0.25) is 0 Å². The Kier molecular flexibility index (Phi) is 2.25. The zero-order chi connectivity index (χ0) is 8.27. The third kappa shape index (κ3) is 1.80. The Morgan fingerprint density at radius 1 is 1.55 bits per heavy atom. The SMILES string of the molecule is CC(=O)c1ncc(CF)cn1. The van der Waals surface area contributed by atoms with Crippen molar-refractivity contribution in [2.45, 2.75) is 13.6 Å². The normalized spacial score (nSPS) is 9.64. The Morgan fingerprint density at radius 2 is 2.09 bits per heavy atom. The average Bonchev–Trinajstić information content (AvgIpc) is 2.05. The second-order valence-corrected chi connectivity index (χ2v) is 2.10. The molecule has 0 unspecified atom stereocenters. The van der Waals surface area contributed by atoms with Crippen LogP contribution in [0.15, 0.2) is 12.4 Å². The minimum atomic E-state index is -0.599. The summed E-state index contributed by atoms with van der Waals surface area (Å²) in [6, 6.07) is 0. The second kappa shape index (κ2) is 3.18. The zero-order valence-electron chi connectivity index (χ0n) is 6.04. The number of Topliss-reactive ketones (excluding diaryl/α,β-unsaturated/α-hetero) is 1. The molecule has 0 spiro atoms. The molecule has 58 valence electrons. The van der Waals surface area contributed by atoms with Crippen LogP contribution in [0.4, 0.5) is 4.39 Å². The molecule has 1 aromatic heterocycles. The van der Waals surface area contributed by atoms with Crippen molar-refractivity contribution < 1.29 is 9.18 Å². The van der Waals surface area contributed by atoms with Crippen LogP contribution in [0.3, 0.4) is 0 Å². The van der Waals surface area contributed by atoms with Gasteiger partial charge >= 0.3 is 0 Å². The first-order valence-electron chi connectivity index (χ1n) is 3.12. The lowest BCUT2D eigenvalue weighted by Crippen LogP contribution is -2.00. The highest BCUT2D eigenvalue weighted by molar-refractivity contribution is 5.90. The summed E-state index contributed by atoms with van der Waals surface area (Å²) < 4.78 is 11.9. The summed E-state index contributed by atoms with van der Waals surface area (Å²) in [5.74, 6) is -0.0855. The molecule has 1 heterocycles. The van der Waals surface area contributed by atoms with E-state index >= 15 is 0 Å². The topological polar surface area (TPSA) is 42.9 Å².